The second-order valence-corrected chi connectivity index (χ2v) is 5.45. The SMILES string of the molecule is O=[N+]([O-])c1ccc(CCNCc2ccc(F)c(Br)c2)cc1. The number of rotatable bonds is 6. The van der Waals surface area contributed by atoms with Gasteiger partial charge >= 0.3 is 0 Å². The lowest BCUT2D eigenvalue weighted by molar-refractivity contribution is -0.384. The van der Waals surface area contributed by atoms with Crippen molar-refractivity contribution in [1.29, 1.82) is 0 Å². The number of nitro groups is 1. The maximum absolute atomic E-state index is 13.1. The quantitative estimate of drug-likeness (QED) is 0.488. The molecule has 110 valence electrons. The fourth-order valence-electron chi connectivity index (χ4n) is 1.90. The third-order valence-electron chi connectivity index (χ3n) is 3.05. The summed E-state index contributed by atoms with van der Waals surface area (Å²) in [6.45, 7) is 1.39. The highest BCUT2D eigenvalue weighted by Crippen LogP contribution is 2.16. The lowest BCUT2D eigenvalue weighted by Crippen LogP contribution is -2.16. The molecule has 0 saturated carbocycles. The molecule has 1 N–H and O–H groups in total. The first-order chi connectivity index (χ1) is 10.1. The standard InChI is InChI=1S/C15H14BrFN2O2/c16-14-9-12(3-6-15(14)17)10-18-8-7-11-1-4-13(5-2-11)19(20)21/h1-6,9,18H,7-8,10H2. The number of nitrogens with one attached hydrogen (secondary N) is 1. The molecule has 0 aromatic heterocycles. The van der Waals surface area contributed by atoms with Crippen LogP contribution in [-0.4, -0.2) is 11.5 Å². The topological polar surface area (TPSA) is 55.2 Å². The van der Waals surface area contributed by atoms with Gasteiger partial charge in [0.05, 0.1) is 9.40 Å². The normalized spacial score (nSPS) is 10.6. The van der Waals surface area contributed by atoms with Gasteiger partial charge in [0.15, 0.2) is 0 Å². The minimum absolute atomic E-state index is 0.0999. The van der Waals surface area contributed by atoms with Crippen LogP contribution >= 0.6 is 15.9 Å². The Bertz CT molecular complexity index is 632. The molecule has 4 nitrogen and oxygen atoms in total. The van der Waals surface area contributed by atoms with E-state index in [-0.39, 0.29) is 11.5 Å². The first-order valence-corrected chi connectivity index (χ1v) is 7.23. The van der Waals surface area contributed by atoms with Gasteiger partial charge in [-0.3, -0.25) is 10.1 Å². The van der Waals surface area contributed by atoms with Gasteiger partial charge in [-0.1, -0.05) is 18.2 Å². The Labute approximate surface area is 130 Å². The highest BCUT2D eigenvalue weighted by Gasteiger charge is 2.04. The number of nitro benzene ring substituents is 1. The van der Waals surface area contributed by atoms with Crippen molar-refractivity contribution < 1.29 is 9.31 Å². The highest BCUT2D eigenvalue weighted by molar-refractivity contribution is 9.10. The van der Waals surface area contributed by atoms with Crippen molar-refractivity contribution in [3.05, 3.63) is 74.0 Å². The van der Waals surface area contributed by atoms with E-state index < -0.39 is 4.92 Å². The van der Waals surface area contributed by atoms with Gasteiger partial charge in [-0.15, -0.1) is 0 Å². The molecule has 0 atom stereocenters. The lowest BCUT2D eigenvalue weighted by atomic mass is 10.1. The largest absolute Gasteiger partial charge is 0.312 e. The minimum atomic E-state index is -0.408. The maximum atomic E-state index is 13.1. The van der Waals surface area contributed by atoms with E-state index in [4.69, 9.17) is 0 Å². The Morgan fingerprint density at radius 3 is 2.43 bits per heavy atom. The third-order valence-corrected chi connectivity index (χ3v) is 3.66. The molecule has 21 heavy (non-hydrogen) atoms. The van der Waals surface area contributed by atoms with Gasteiger partial charge in [-0.25, -0.2) is 4.39 Å². The zero-order chi connectivity index (χ0) is 15.2. The molecule has 0 bridgehead atoms. The van der Waals surface area contributed by atoms with Crippen molar-refractivity contribution >= 4 is 21.6 Å². The van der Waals surface area contributed by atoms with Gasteiger partial charge in [0.1, 0.15) is 5.82 Å². The van der Waals surface area contributed by atoms with Gasteiger partial charge in [-0.2, -0.15) is 0 Å². The lowest BCUT2D eigenvalue weighted by Gasteiger charge is -2.06. The summed E-state index contributed by atoms with van der Waals surface area (Å²) in [5.41, 5.74) is 2.13. The monoisotopic (exact) mass is 352 g/mol. The summed E-state index contributed by atoms with van der Waals surface area (Å²) >= 11 is 3.15. The van der Waals surface area contributed by atoms with Crippen molar-refractivity contribution in [2.24, 2.45) is 0 Å². The number of halogens is 2. The maximum Gasteiger partial charge on any atom is 0.269 e. The van der Waals surface area contributed by atoms with Gasteiger partial charge < -0.3 is 5.32 Å². The predicted molar refractivity (Wildman–Crippen MR) is 82.6 cm³/mol. The fraction of sp³-hybridized carbons (Fsp3) is 0.200. The number of benzene rings is 2. The van der Waals surface area contributed by atoms with E-state index >= 15 is 0 Å². The molecule has 6 heteroatoms. The number of hydrogen-bond donors (Lipinski definition) is 1. The van der Waals surface area contributed by atoms with Crippen LogP contribution < -0.4 is 5.32 Å². The van der Waals surface area contributed by atoms with E-state index in [0.29, 0.717) is 11.0 Å². The van der Waals surface area contributed by atoms with Crippen LogP contribution in [0.2, 0.25) is 0 Å². The van der Waals surface area contributed by atoms with Crippen molar-refractivity contribution in [2.45, 2.75) is 13.0 Å². The molecule has 0 aliphatic carbocycles. The first kappa shape index (κ1) is 15.6. The Balaban J connectivity index is 1.79. The second kappa shape index (κ2) is 7.28. The molecule has 0 unspecified atom stereocenters. The Kier molecular flexibility index (Phi) is 5.41. The van der Waals surface area contributed by atoms with E-state index in [1.54, 1.807) is 24.3 Å². The van der Waals surface area contributed by atoms with Crippen molar-refractivity contribution in [3.8, 4) is 0 Å². The molecule has 0 aliphatic heterocycles. The Morgan fingerprint density at radius 1 is 1.14 bits per heavy atom. The van der Waals surface area contributed by atoms with Crippen LogP contribution in [-0.2, 0) is 13.0 Å². The van der Waals surface area contributed by atoms with Crippen LogP contribution in [0.15, 0.2) is 46.9 Å². The molecule has 0 saturated heterocycles. The highest BCUT2D eigenvalue weighted by atomic mass is 79.9. The van der Waals surface area contributed by atoms with E-state index in [2.05, 4.69) is 21.2 Å². The Hall–Kier alpha value is -1.79. The summed E-state index contributed by atoms with van der Waals surface area (Å²) in [4.78, 5) is 10.1. The predicted octanol–water partition coefficient (Wildman–Crippen LogP) is 3.83. The molecular formula is C15H14BrFN2O2. The van der Waals surface area contributed by atoms with Crippen LogP contribution in [0.25, 0.3) is 0 Å². The number of nitrogens with zero attached hydrogens (tertiary/aromatic N) is 1. The molecule has 0 aliphatic rings. The smallest absolute Gasteiger partial charge is 0.269 e. The van der Waals surface area contributed by atoms with Crippen LogP contribution in [0.4, 0.5) is 10.1 Å². The van der Waals surface area contributed by atoms with Crippen molar-refractivity contribution in [3.63, 3.8) is 0 Å². The number of hydrogen-bond acceptors (Lipinski definition) is 3. The third kappa shape index (κ3) is 4.61. The molecule has 0 spiro atoms. The molecule has 0 radical (unpaired) electrons. The summed E-state index contributed by atoms with van der Waals surface area (Å²) in [5, 5.41) is 13.8. The summed E-state index contributed by atoms with van der Waals surface area (Å²) in [5.74, 6) is -0.273. The van der Waals surface area contributed by atoms with Gasteiger partial charge in [0.2, 0.25) is 0 Å². The fourth-order valence-corrected chi connectivity index (χ4v) is 2.33. The average Bonchev–Trinajstić information content (AvgIpc) is 2.47. The molecule has 0 fully saturated rings. The van der Waals surface area contributed by atoms with Gasteiger partial charge in [0.25, 0.3) is 5.69 Å². The van der Waals surface area contributed by atoms with E-state index in [1.807, 2.05) is 0 Å². The first-order valence-electron chi connectivity index (χ1n) is 6.44. The Morgan fingerprint density at radius 2 is 1.81 bits per heavy atom. The van der Waals surface area contributed by atoms with Crippen molar-refractivity contribution in [1.82, 2.24) is 5.32 Å². The summed E-state index contributed by atoms with van der Waals surface area (Å²) in [6.07, 6.45) is 0.778. The minimum Gasteiger partial charge on any atom is -0.312 e. The molecule has 2 aromatic carbocycles. The van der Waals surface area contributed by atoms with Crippen molar-refractivity contribution in [2.75, 3.05) is 6.54 Å². The molecule has 2 rings (SSSR count). The van der Waals surface area contributed by atoms with Gasteiger partial charge in [0, 0.05) is 18.7 Å². The summed E-state index contributed by atoms with van der Waals surface area (Å²) < 4.78 is 13.5. The van der Waals surface area contributed by atoms with Crippen LogP contribution in [0.5, 0.6) is 0 Å². The van der Waals surface area contributed by atoms with Crippen LogP contribution in [0.3, 0.4) is 0 Å². The average molecular weight is 353 g/mol. The van der Waals surface area contributed by atoms with E-state index in [9.17, 15) is 14.5 Å². The van der Waals surface area contributed by atoms with Crippen LogP contribution in [0.1, 0.15) is 11.1 Å². The zero-order valence-electron chi connectivity index (χ0n) is 11.2. The molecule has 2 aromatic rings. The molecular weight excluding hydrogens is 339 g/mol. The summed E-state index contributed by atoms with van der Waals surface area (Å²) in [7, 11) is 0. The van der Waals surface area contributed by atoms with Gasteiger partial charge in [-0.05, 0) is 52.2 Å². The molecule has 0 amide bonds. The van der Waals surface area contributed by atoms with E-state index in [0.717, 1.165) is 24.1 Å². The number of non-ortho nitro benzene ring substituents is 1. The van der Waals surface area contributed by atoms with Crippen LogP contribution in [0, 0.1) is 15.9 Å². The molecule has 0 heterocycles. The zero-order valence-corrected chi connectivity index (χ0v) is 12.8. The summed E-state index contributed by atoms with van der Waals surface area (Å²) in [6, 6.07) is 11.4. The second-order valence-electron chi connectivity index (χ2n) is 4.60. The van der Waals surface area contributed by atoms with E-state index in [1.165, 1.54) is 18.2 Å².